The topological polar surface area (TPSA) is 57.0 Å². The number of carbonyl (C=O) groups is 1. The summed E-state index contributed by atoms with van der Waals surface area (Å²) in [7, 11) is 0. The van der Waals surface area contributed by atoms with E-state index in [1.54, 1.807) is 0 Å². The molecule has 4 nitrogen and oxygen atoms in total. The van der Waals surface area contributed by atoms with Gasteiger partial charge in [-0.1, -0.05) is 12.1 Å². The second-order valence-electron chi connectivity index (χ2n) is 6.02. The number of rotatable bonds is 2. The molecule has 0 saturated carbocycles. The molecule has 0 unspecified atom stereocenters. The summed E-state index contributed by atoms with van der Waals surface area (Å²) in [5, 5.41) is 10.1. The molecule has 27 heavy (non-hydrogen) atoms. The molecule has 0 bridgehead atoms. The van der Waals surface area contributed by atoms with Gasteiger partial charge in [-0.2, -0.15) is 18.4 Å². The van der Waals surface area contributed by atoms with Gasteiger partial charge in [-0.15, -0.1) is 11.3 Å². The molecule has 142 valence electrons. The van der Waals surface area contributed by atoms with Crippen LogP contribution in [0, 0.1) is 11.3 Å². The minimum atomic E-state index is -4.63. The number of benzene rings is 1. The van der Waals surface area contributed by atoms with Crippen LogP contribution in [0.2, 0.25) is 0 Å². The van der Waals surface area contributed by atoms with Crippen LogP contribution in [0.4, 0.5) is 22.0 Å². The second kappa shape index (κ2) is 6.88. The number of nitrogens with zero attached hydrogens (tertiary/aromatic N) is 3. The fourth-order valence-electron chi connectivity index (χ4n) is 2.78. The maximum absolute atomic E-state index is 13.3. The van der Waals surface area contributed by atoms with Gasteiger partial charge in [0.25, 0.3) is 11.8 Å². The number of thiazole rings is 1. The van der Waals surface area contributed by atoms with Gasteiger partial charge in [-0.05, 0) is 6.07 Å². The summed E-state index contributed by atoms with van der Waals surface area (Å²) < 4.78 is 65.2. The molecule has 0 atom stereocenters. The number of carbonyl (C=O) groups excluding carboxylic acids is 1. The number of alkyl halides is 5. The van der Waals surface area contributed by atoms with Crippen molar-refractivity contribution in [1.82, 2.24) is 9.88 Å². The highest BCUT2D eigenvalue weighted by Crippen LogP contribution is 2.36. The van der Waals surface area contributed by atoms with Crippen molar-refractivity contribution in [3.63, 3.8) is 0 Å². The lowest BCUT2D eigenvalue weighted by Crippen LogP contribution is -2.43. The molecular weight excluding hydrogens is 389 g/mol. The van der Waals surface area contributed by atoms with Gasteiger partial charge in [0.05, 0.1) is 17.2 Å². The molecule has 0 aliphatic carbocycles. The number of piperidine rings is 1. The highest BCUT2D eigenvalue weighted by molar-refractivity contribution is 7.13. The zero-order valence-corrected chi connectivity index (χ0v) is 14.5. The van der Waals surface area contributed by atoms with Gasteiger partial charge < -0.3 is 4.90 Å². The van der Waals surface area contributed by atoms with Gasteiger partial charge in [0.2, 0.25) is 0 Å². The van der Waals surface area contributed by atoms with Crippen molar-refractivity contribution in [2.45, 2.75) is 24.9 Å². The molecule has 3 rings (SSSR count). The zero-order valence-electron chi connectivity index (χ0n) is 13.7. The van der Waals surface area contributed by atoms with Crippen LogP contribution in [0.5, 0.6) is 0 Å². The third kappa shape index (κ3) is 3.93. The molecule has 2 aromatic rings. The first-order chi connectivity index (χ1) is 12.6. The van der Waals surface area contributed by atoms with E-state index >= 15 is 0 Å². The van der Waals surface area contributed by atoms with E-state index < -0.39 is 36.5 Å². The molecular formula is C17H12F5N3OS. The molecule has 1 aromatic carbocycles. The van der Waals surface area contributed by atoms with E-state index in [-0.39, 0.29) is 34.8 Å². The minimum Gasteiger partial charge on any atom is -0.338 e. The minimum absolute atomic E-state index is 0.0430. The highest BCUT2D eigenvalue weighted by Gasteiger charge is 2.37. The summed E-state index contributed by atoms with van der Waals surface area (Å²) in [6, 6.07) is 6.02. The summed E-state index contributed by atoms with van der Waals surface area (Å²) in [6.45, 7) is -0.395. The van der Waals surface area contributed by atoms with Crippen molar-refractivity contribution < 1.29 is 26.7 Å². The van der Waals surface area contributed by atoms with Gasteiger partial charge >= 0.3 is 6.18 Å². The Hall–Kier alpha value is -2.54. The van der Waals surface area contributed by atoms with Gasteiger partial charge in [-0.3, -0.25) is 4.79 Å². The fourth-order valence-corrected chi connectivity index (χ4v) is 3.63. The number of hydrogen-bond donors (Lipinski definition) is 0. The Morgan fingerprint density at radius 3 is 2.48 bits per heavy atom. The number of aromatic nitrogens is 1. The summed E-state index contributed by atoms with van der Waals surface area (Å²) >= 11 is 0.695. The second-order valence-corrected chi connectivity index (χ2v) is 6.88. The standard InChI is InChI=1S/C17H12F5N3OS/c18-16(19)4-6-25(7-5-16)15(26)13-10(8-23)2-1-3-11(13)14-24-12(9-27-14)17(20,21)22/h1-3,9H,4-7H2. The Balaban J connectivity index is 2.01. The number of nitriles is 1. The normalized spacial score (nSPS) is 16.8. The van der Waals surface area contributed by atoms with E-state index in [0.717, 1.165) is 5.38 Å². The van der Waals surface area contributed by atoms with Crippen LogP contribution >= 0.6 is 11.3 Å². The molecule has 10 heteroatoms. The van der Waals surface area contributed by atoms with Gasteiger partial charge in [0.15, 0.2) is 5.69 Å². The number of amides is 1. The Labute approximate surface area is 154 Å². The molecule has 1 amide bonds. The summed E-state index contributed by atoms with van der Waals surface area (Å²) in [5.41, 5.74) is -1.18. The van der Waals surface area contributed by atoms with Crippen molar-refractivity contribution in [2.75, 3.05) is 13.1 Å². The van der Waals surface area contributed by atoms with E-state index in [1.807, 2.05) is 6.07 Å². The monoisotopic (exact) mass is 401 g/mol. The Kier molecular flexibility index (Phi) is 4.90. The molecule has 1 saturated heterocycles. The number of likely N-dealkylation sites (tertiary alicyclic amines) is 1. The van der Waals surface area contributed by atoms with Gasteiger partial charge in [-0.25, -0.2) is 13.8 Å². The Morgan fingerprint density at radius 2 is 1.93 bits per heavy atom. The van der Waals surface area contributed by atoms with E-state index in [0.29, 0.717) is 11.3 Å². The van der Waals surface area contributed by atoms with Gasteiger partial charge in [0, 0.05) is 36.9 Å². The molecule has 0 N–H and O–H groups in total. The fraction of sp³-hybridized carbons (Fsp3) is 0.353. The van der Waals surface area contributed by atoms with Crippen LogP contribution in [0.25, 0.3) is 10.6 Å². The maximum Gasteiger partial charge on any atom is 0.434 e. The summed E-state index contributed by atoms with van der Waals surface area (Å²) in [4.78, 5) is 17.6. The smallest absolute Gasteiger partial charge is 0.338 e. The molecule has 1 fully saturated rings. The first-order valence-electron chi connectivity index (χ1n) is 7.86. The first kappa shape index (κ1) is 19.2. The molecule has 1 aliphatic heterocycles. The molecule has 0 radical (unpaired) electrons. The van der Waals surface area contributed by atoms with Crippen molar-refractivity contribution in [3.8, 4) is 16.6 Å². The van der Waals surface area contributed by atoms with E-state index in [9.17, 15) is 32.0 Å². The average molecular weight is 401 g/mol. The van der Waals surface area contributed by atoms with Crippen molar-refractivity contribution in [1.29, 1.82) is 5.26 Å². The lowest BCUT2D eigenvalue weighted by atomic mass is 9.98. The molecule has 1 aliphatic rings. The highest BCUT2D eigenvalue weighted by atomic mass is 32.1. The van der Waals surface area contributed by atoms with Crippen LogP contribution in [0.1, 0.15) is 34.5 Å². The zero-order chi connectivity index (χ0) is 19.8. The summed E-state index contributed by atoms with van der Waals surface area (Å²) in [5.74, 6) is -3.52. The van der Waals surface area contributed by atoms with E-state index in [2.05, 4.69) is 4.98 Å². The van der Waals surface area contributed by atoms with Crippen LogP contribution < -0.4 is 0 Å². The predicted molar refractivity (Wildman–Crippen MR) is 87.4 cm³/mol. The van der Waals surface area contributed by atoms with Crippen molar-refractivity contribution in [2.24, 2.45) is 0 Å². The largest absolute Gasteiger partial charge is 0.434 e. The van der Waals surface area contributed by atoms with Crippen LogP contribution in [0.15, 0.2) is 23.6 Å². The lowest BCUT2D eigenvalue weighted by Gasteiger charge is -2.32. The third-order valence-corrected chi connectivity index (χ3v) is 5.08. The van der Waals surface area contributed by atoms with E-state index in [1.165, 1.54) is 23.1 Å². The third-order valence-electron chi connectivity index (χ3n) is 4.21. The quantitative estimate of drug-likeness (QED) is 0.693. The van der Waals surface area contributed by atoms with Crippen LogP contribution in [-0.2, 0) is 6.18 Å². The van der Waals surface area contributed by atoms with Gasteiger partial charge in [0.1, 0.15) is 5.01 Å². The van der Waals surface area contributed by atoms with E-state index in [4.69, 9.17) is 0 Å². The summed E-state index contributed by atoms with van der Waals surface area (Å²) in [6.07, 6.45) is -5.64. The maximum atomic E-state index is 13.3. The Bertz CT molecular complexity index is 906. The average Bonchev–Trinajstić information content (AvgIpc) is 3.11. The number of hydrogen-bond acceptors (Lipinski definition) is 4. The first-order valence-corrected chi connectivity index (χ1v) is 8.74. The molecule has 2 heterocycles. The van der Waals surface area contributed by atoms with Crippen molar-refractivity contribution >= 4 is 17.2 Å². The predicted octanol–water partition coefficient (Wildman–Crippen LogP) is 4.57. The SMILES string of the molecule is N#Cc1cccc(-c2nc(C(F)(F)F)cs2)c1C(=O)N1CCC(F)(F)CC1. The Morgan fingerprint density at radius 1 is 1.26 bits per heavy atom. The lowest BCUT2D eigenvalue weighted by molar-refractivity contribution is -0.140. The molecule has 0 spiro atoms. The molecule has 1 aromatic heterocycles. The number of halogens is 5. The van der Waals surface area contributed by atoms with Crippen LogP contribution in [0.3, 0.4) is 0 Å². The van der Waals surface area contributed by atoms with Crippen LogP contribution in [-0.4, -0.2) is 34.8 Å². The van der Waals surface area contributed by atoms with Crippen molar-refractivity contribution in [3.05, 3.63) is 40.4 Å².